The van der Waals surface area contributed by atoms with Crippen LogP contribution in [0.15, 0.2) is 18.3 Å². The molecule has 1 aliphatic rings. The lowest BCUT2D eigenvalue weighted by Crippen LogP contribution is -2.34. The highest BCUT2D eigenvalue weighted by atomic mass is 32.2. The van der Waals surface area contributed by atoms with Crippen LogP contribution in [0.1, 0.15) is 22.5 Å². The molecule has 0 unspecified atom stereocenters. The van der Waals surface area contributed by atoms with Crippen LogP contribution in [0.2, 0.25) is 0 Å². The number of carbonyl (C=O) groups is 1. The minimum atomic E-state index is -3.05. The Morgan fingerprint density at radius 2 is 2.19 bits per heavy atom. The lowest BCUT2D eigenvalue weighted by atomic mass is 10.1. The second-order valence-corrected chi connectivity index (χ2v) is 7.01. The molecule has 0 aliphatic carbocycles. The lowest BCUT2D eigenvalue weighted by molar-refractivity contribution is 0.0762. The Labute approximate surface area is 124 Å². The number of sulfone groups is 1. The summed E-state index contributed by atoms with van der Waals surface area (Å²) in [7, 11) is -3.05. The van der Waals surface area contributed by atoms with Gasteiger partial charge in [0.25, 0.3) is 5.91 Å². The van der Waals surface area contributed by atoms with E-state index in [4.69, 9.17) is 5.73 Å². The number of hydrogen-bond donors (Lipinski definition) is 1. The average Bonchev–Trinajstić information content (AvgIpc) is 2.65. The van der Waals surface area contributed by atoms with E-state index >= 15 is 0 Å². The Bertz CT molecular complexity index is 689. The molecule has 6 nitrogen and oxygen atoms in total. The first-order valence-electron chi connectivity index (χ1n) is 6.67. The smallest absolute Gasteiger partial charge is 0.273 e. The van der Waals surface area contributed by atoms with Crippen molar-refractivity contribution < 1.29 is 13.2 Å². The fraction of sp³-hybridized carbons (Fsp3) is 0.429. The van der Waals surface area contributed by atoms with E-state index in [9.17, 15) is 13.2 Å². The van der Waals surface area contributed by atoms with Crippen molar-refractivity contribution in [3.63, 3.8) is 0 Å². The van der Waals surface area contributed by atoms with Gasteiger partial charge >= 0.3 is 0 Å². The summed E-state index contributed by atoms with van der Waals surface area (Å²) >= 11 is 0. The molecule has 1 aliphatic heterocycles. The zero-order valence-electron chi connectivity index (χ0n) is 11.6. The summed E-state index contributed by atoms with van der Waals surface area (Å²) in [5, 5.41) is 0. The molecule has 0 bridgehead atoms. The third-order valence-corrected chi connectivity index (χ3v) is 4.89. The number of pyridine rings is 1. The maximum Gasteiger partial charge on any atom is 0.273 e. The third kappa shape index (κ3) is 4.03. The minimum absolute atomic E-state index is 0.00458. The molecule has 0 radical (unpaired) electrons. The highest BCUT2D eigenvalue weighted by molar-refractivity contribution is 7.91. The van der Waals surface area contributed by atoms with Crippen LogP contribution in [0.4, 0.5) is 0 Å². The van der Waals surface area contributed by atoms with E-state index in [-0.39, 0.29) is 36.2 Å². The van der Waals surface area contributed by atoms with E-state index in [1.54, 1.807) is 12.1 Å². The normalized spacial score (nSPS) is 17.5. The van der Waals surface area contributed by atoms with Crippen LogP contribution in [0.5, 0.6) is 0 Å². The van der Waals surface area contributed by atoms with E-state index in [2.05, 4.69) is 16.8 Å². The van der Waals surface area contributed by atoms with Gasteiger partial charge in [-0.2, -0.15) is 0 Å². The van der Waals surface area contributed by atoms with Crippen molar-refractivity contribution in [1.82, 2.24) is 9.88 Å². The molecule has 0 spiro atoms. The molecule has 0 aromatic carbocycles. The van der Waals surface area contributed by atoms with Gasteiger partial charge in [-0.05, 0) is 18.6 Å². The van der Waals surface area contributed by atoms with E-state index in [1.165, 1.54) is 11.1 Å². The second-order valence-electron chi connectivity index (χ2n) is 4.70. The van der Waals surface area contributed by atoms with Crippen LogP contribution in [0, 0.1) is 11.8 Å². The number of rotatable bonds is 1. The van der Waals surface area contributed by atoms with Gasteiger partial charge in [0.15, 0.2) is 9.84 Å². The summed E-state index contributed by atoms with van der Waals surface area (Å²) in [5.74, 6) is 5.36. The standard InChI is InChI=1S/C14H17N3O3S/c15-6-1-4-12-5-2-7-16-13(12)14(18)17-8-3-10-21(19,20)11-9-17/h2,5,7H,3,6,8-11,15H2. The molecule has 21 heavy (non-hydrogen) atoms. The number of aromatic nitrogens is 1. The third-order valence-electron chi connectivity index (χ3n) is 3.18. The Hall–Kier alpha value is -1.91. The molecular formula is C14H17N3O3S. The van der Waals surface area contributed by atoms with E-state index < -0.39 is 9.84 Å². The van der Waals surface area contributed by atoms with E-state index in [0.717, 1.165) is 0 Å². The van der Waals surface area contributed by atoms with Crippen LogP contribution in [-0.2, 0) is 9.84 Å². The van der Waals surface area contributed by atoms with Crippen molar-refractivity contribution in [3.05, 3.63) is 29.6 Å². The van der Waals surface area contributed by atoms with Crippen LogP contribution < -0.4 is 5.73 Å². The number of nitrogens with zero attached hydrogens (tertiary/aromatic N) is 2. The number of hydrogen-bond acceptors (Lipinski definition) is 5. The summed E-state index contributed by atoms with van der Waals surface area (Å²) < 4.78 is 23.2. The van der Waals surface area contributed by atoms with Gasteiger partial charge in [-0.15, -0.1) is 0 Å². The number of carbonyl (C=O) groups excluding carboxylic acids is 1. The predicted molar refractivity (Wildman–Crippen MR) is 79.3 cm³/mol. The lowest BCUT2D eigenvalue weighted by Gasteiger charge is -2.19. The molecular weight excluding hydrogens is 290 g/mol. The Balaban J connectivity index is 2.24. The summed E-state index contributed by atoms with van der Waals surface area (Å²) in [6.45, 7) is 0.810. The fourth-order valence-electron chi connectivity index (χ4n) is 2.11. The summed E-state index contributed by atoms with van der Waals surface area (Å²) in [6.07, 6.45) is 1.97. The topological polar surface area (TPSA) is 93.4 Å². The SMILES string of the molecule is NCC#Cc1cccnc1C(=O)N1CCCS(=O)(=O)CC1. The molecule has 1 aromatic rings. The highest BCUT2D eigenvalue weighted by Crippen LogP contribution is 2.11. The molecule has 2 rings (SSSR count). The maximum atomic E-state index is 12.5. The van der Waals surface area contributed by atoms with Gasteiger partial charge in [0.05, 0.1) is 23.6 Å². The maximum absolute atomic E-state index is 12.5. The first-order chi connectivity index (χ1) is 10.0. The molecule has 1 aromatic heterocycles. The monoisotopic (exact) mass is 307 g/mol. The molecule has 0 atom stereocenters. The molecule has 7 heteroatoms. The Morgan fingerprint density at radius 3 is 2.95 bits per heavy atom. The van der Waals surface area contributed by atoms with Crippen molar-refractivity contribution >= 4 is 15.7 Å². The highest BCUT2D eigenvalue weighted by Gasteiger charge is 2.25. The Morgan fingerprint density at radius 1 is 1.38 bits per heavy atom. The van der Waals surface area contributed by atoms with Crippen molar-refractivity contribution in [3.8, 4) is 11.8 Å². The van der Waals surface area contributed by atoms with Crippen LogP contribution in [-0.4, -0.2) is 55.3 Å². The predicted octanol–water partition coefficient (Wildman–Crippen LogP) is -0.347. The second kappa shape index (κ2) is 6.70. The molecule has 1 fully saturated rings. The van der Waals surface area contributed by atoms with Gasteiger partial charge in [0.2, 0.25) is 0 Å². The van der Waals surface area contributed by atoms with Crippen molar-refractivity contribution in [2.24, 2.45) is 5.73 Å². The quantitative estimate of drug-likeness (QED) is 0.716. The van der Waals surface area contributed by atoms with Crippen molar-refractivity contribution in [2.75, 3.05) is 31.1 Å². The first kappa shape index (κ1) is 15.5. The van der Waals surface area contributed by atoms with Gasteiger partial charge in [0.1, 0.15) is 5.69 Å². The van der Waals surface area contributed by atoms with E-state index in [0.29, 0.717) is 18.5 Å². The minimum Gasteiger partial charge on any atom is -0.336 e. The van der Waals surface area contributed by atoms with Crippen LogP contribution >= 0.6 is 0 Å². The van der Waals surface area contributed by atoms with Gasteiger partial charge in [-0.3, -0.25) is 4.79 Å². The van der Waals surface area contributed by atoms with Gasteiger partial charge < -0.3 is 10.6 Å². The van der Waals surface area contributed by atoms with Gasteiger partial charge in [-0.1, -0.05) is 11.8 Å². The molecule has 112 valence electrons. The fourth-order valence-corrected chi connectivity index (χ4v) is 3.39. The van der Waals surface area contributed by atoms with Gasteiger partial charge in [-0.25, -0.2) is 13.4 Å². The molecule has 2 heterocycles. The molecule has 1 amide bonds. The summed E-state index contributed by atoms with van der Waals surface area (Å²) in [5.41, 5.74) is 6.10. The molecule has 1 saturated heterocycles. The largest absolute Gasteiger partial charge is 0.336 e. The average molecular weight is 307 g/mol. The molecule has 2 N–H and O–H groups in total. The van der Waals surface area contributed by atoms with Gasteiger partial charge in [0, 0.05) is 19.3 Å². The zero-order chi connectivity index (χ0) is 15.3. The Kier molecular flexibility index (Phi) is 4.94. The number of amides is 1. The first-order valence-corrected chi connectivity index (χ1v) is 8.49. The summed E-state index contributed by atoms with van der Waals surface area (Å²) in [6, 6.07) is 3.40. The van der Waals surface area contributed by atoms with E-state index in [1.807, 2.05) is 0 Å². The summed E-state index contributed by atoms with van der Waals surface area (Å²) in [4.78, 5) is 18.1. The van der Waals surface area contributed by atoms with Crippen LogP contribution in [0.25, 0.3) is 0 Å². The van der Waals surface area contributed by atoms with Crippen LogP contribution in [0.3, 0.4) is 0 Å². The van der Waals surface area contributed by atoms with Crippen molar-refractivity contribution in [2.45, 2.75) is 6.42 Å². The number of nitrogens with two attached hydrogens (primary N) is 1. The molecule has 0 saturated carbocycles. The zero-order valence-corrected chi connectivity index (χ0v) is 12.4. The van der Waals surface area contributed by atoms with Crippen molar-refractivity contribution in [1.29, 1.82) is 0 Å².